The fourth-order valence-corrected chi connectivity index (χ4v) is 4.22. The van der Waals surface area contributed by atoms with Gasteiger partial charge in [-0.25, -0.2) is 0 Å². The number of ether oxygens (including phenoxy) is 2. The molecule has 2 aromatic carbocycles. The number of primary amides is 1. The van der Waals surface area contributed by atoms with E-state index in [-0.39, 0.29) is 31.3 Å². The van der Waals surface area contributed by atoms with Crippen LogP contribution in [0.3, 0.4) is 0 Å². The van der Waals surface area contributed by atoms with Crippen LogP contribution in [0.4, 0.5) is 0 Å². The van der Waals surface area contributed by atoms with Gasteiger partial charge in [0.2, 0.25) is 5.91 Å². The van der Waals surface area contributed by atoms with E-state index in [1.54, 1.807) is 0 Å². The number of hydrogen-bond acceptors (Lipinski definition) is 6. The highest BCUT2D eigenvalue weighted by atomic mass is 16.6. The van der Waals surface area contributed by atoms with Crippen LogP contribution in [0.25, 0.3) is 0 Å². The van der Waals surface area contributed by atoms with Crippen molar-refractivity contribution in [2.75, 3.05) is 26.2 Å². The summed E-state index contributed by atoms with van der Waals surface area (Å²) >= 11 is 0. The van der Waals surface area contributed by atoms with Crippen molar-refractivity contribution >= 4 is 17.8 Å². The van der Waals surface area contributed by atoms with E-state index in [1.807, 2.05) is 42.5 Å². The molecule has 1 saturated heterocycles. The minimum absolute atomic E-state index is 0.129. The minimum Gasteiger partial charge on any atom is -0.489 e. The molecule has 188 valence electrons. The van der Waals surface area contributed by atoms with E-state index in [0.29, 0.717) is 32.5 Å². The second-order valence-electron chi connectivity index (χ2n) is 8.89. The number of carboxylic acid groups (broad SMARTS) is 1. The van der Waals surface area contributed by atoms with Crippen LogP contribution in [-0.2, 0) is 32.0 Å². The summed E-state index contributed by atoms with van der Waals surface area (Å²) in [5.74, 6) is -1.28. The SMILES string of the molecule is NC(=O)C1CCN(CC(COc2ccccc2CCc2ccccc2)OC(=O)CCC(=O)O)CC1. The van der Waals surface area contributed by atoms with Crippen LogP contribution in [0.5, 0.6) is 5.75 Å². The topological polar surface area (TPSA) is 119 Å². The van der Waals surface area contributed by atoms with Gasteiger partial charge in [0.25, 0.3) is 0 Å². The molecule has 3 rings (SSSR count). The normalized spacial score (nSPS) is 15.3. The van der Waals surface area contributed by atoms with Crippen molar-refractivity contribution in [2.24, 2.45) is 11.7 Å². The minimum atomic E-state index is -1.05. The molecule has 1 amide bonds. The Morgan fingerprint density at radius 2 is 1.66 bits per heavy atom. The number of hydrogen-bond donors (Lipinski definition) is 2. The zero-order valence-electron chi connectivity index (χ0n) is 19.9. The molecule has 1 aliphatic heterocycles. The number of carbonyl (C=O) groups excluding carboxylic acids is 2. The lowest BCUT2D eigenvalue weighted by Crippen LogP contribution is -2.44. The number of likely N-dealkylation sites (tertiary alicyclic amines) is 1. The molecule has 0 aromatic heterocycles. The van der Waals surface area contributed by atoms with Crippen molar-refractivity contribution in [2.45, 2.75) is 44.6 Å². The monoisotopic (exact) mass is 482 g/mol. The molecule has 1 unspecified atom stereocenters. The predicted molar refractivity (Wildman–Crippen MR) is 131 cm³/mol. The van der Waals surface area contributed by atoms with Crippen LogP contribution >= 0.6 is 0 Å². The van der Waals surface area contributed by atoms with Gasteiger partial charge in [-0.2, -0.15) is 0 Å². The lowest BCUT2D eigenvalue weighted by atomic mass is 9.96. The number of nitrogens with two attached hydrogens (primary N) is 1. The van der Waals surface area contributed by atoms with Crippen molar-refractivity contribution in [1.82, 2.24) is 4.90 Å². The Balaban J connectivity index is 1.60. The summed E-state index contributed by atoms with van der Waals surface area (Å²) in [5.41, 5.74) is 7.74. The molecule has 0 aliphatic carbocycles. The van der Waals surface area contributed by atoms with Gasteiger partial charge >= 0.3 is 11.9 Å². The maximum Gasteiger partial charge on any atom is 0.306 e. The van der Waals surface area contributed by atoms with Gasteiger partial charge in [0.1, 0.15) is 18.5 Å². The number of carboxylic acids is 1. The Morgan fingerprint density at radius 3 is 2.34 bits per heavy atom. The number of rotatable bonds is 13. The molecule has 1 fully saturated rings. The Bertz CT molecular complexity index is 973. The third-order valence-electron chi connectivity index (χ3n) is 6.22. The highest BCUT2D eigenvalue weighted by Gasteiger charge is 2.26. The Kier molecular flexibility index (Phi) is 10.1. The van der Waals surface area contributed by atoms with Crippen molar-refractivity contribution in [3.05, 3.63) is 65.7 Å². The average Bonchev–Trinajstić information content (AvgIpc) is 2.86. The van der Waals surface area contributed by atoms with E-state index < -0.39 is 18.0 Å². The molecule has 0 bridgehead atoms. The zero-order chi connectivity index (χ0) is 25.0. The molecule has 1 atom stereocenters. The average molecular weight is 483 g/mol. The smallest absolute Gasteiger partial charge is 0.306 e. The summed E-state index contributed by atoms with van der Waals surface area (Å²) in [6.07, 6.45) is 1.98. The van der Waals surface area contributed by atoms with Gasteiger partial charge in [0.15, 0.2) is 0 Å². The molecule has 2 aromatic rings. The quantitative estimate of drug-likeness (QED) is 0.421. The third-order valence-corrected chi connectivity index (χ3v) is 6.22. The molecular weight excluding hydrogens is 448 g/mol. The lowest BCUT2D eigenvalue weighted by molar-refractivity contribution is -0.154. The number of amides is 1. The van der Waals surface area contributed by atoms with Gasteiger partial charge in [0.05, 0.1) is 12.8 Å². The van der Waals surface area contributed by atoms with E-state index in [4.69, 9.17) is 20.3 Å². The maximum atomic E-state index is 12.3. The zero-order valence-corrected chi connectivity index (χ0v) is 19.9. The molecule has 1 heterocycles. The van der Waals surface area contributed by atoms with E-state index >= 15 is 0 Å². The van der Waals surface area contributed by atoms with Crippen LogP contribution in [0.2, 0.25) is 0 Å². The van der Waals surface area contributed by atoms with Gasteiger partial charge < -0.3 is 20.3 Å². The fraction of sp³-hybridized carbons (Fsp3) is 0.444. The first-order valence-electron chi connectivity index (χ1n) is 12.1. The van der Waals surface area contributed by atoms with Crippen molar-refractivity contribution in [3.63, 3.8) is 0 Å². The van der Waals surface area contributed by atoms with Crippen molar-refractivity contribution in [3.8, 4) is 5.75 Å². The van der Waals surface area contributed by atoms with Crippen LogP contribution in [0.1, 0.15) is 36.8 Å². The molecule has 0 spiro atoms. The molecule has 35 heavy (non-hydrogen) atoms. The maximum absolute atomic E-state index is 12.3. The first kappa shape index (κ1) is 26.2. The number of aliphatic carboxylic acids is 1. The van der Waals surface area contributed by atoms with Crippen LogP contribution in [0.15, 0.2) is 54.6 Å². The number of nitrogens with zero attached hydrogens (tertiary/aromatic N) is 1. The van der Waals surface area contributed by atoms with Gasteiger partial charge in [-0.15, -0.1) is 0 Å². The first-order valence-corrected chi connectivity index (χ1v) is 12.1. The second-order valence-corrected chi connectivity index (χ2v) is 8.89. The van der Waals surface area contributed by atoms with Crippen molar-refractivity contribution < 1.29 is 29.0 Å². The summed E-state index contributed by atoms with van der Waals surface area (Å²) in [6.45, 7) is 1.93. The van der Waals surface area contributed by atoms with E-state index in [2.05, 4.69) is 17.0 Å². The summed E-state index contributed by atoms with van der Waals surface area (Å²) in [7, 11) is 0. The molecule has 0 saturated carbocycles. The number of benzene rings is 2. The molecular formula is C27H34N2O6. The second kappa shape index (κ2) is 13.5. The predicted octanol–water partition coefficient (Wildman–Crippen LogP) is 2.82. The number of para-hydroxylation sites is 1. The third kappa shape index (κ3) is 9.05. The van der Waals surface area contributed by atoms with Gasteiger partial charge in [-0.05, 0) is 56.0 Å². The van der Waals surface area contributed by atoms with Gasteiger partial charge in [-0.3, -0.25) is 19.3 Å². The van der Waals surface area contributed by atoms with E-state index in [9.17, 15) is 14.4 Å². The van der Waals surface area contributed by atoms with Gasteiger partial charge in [0, 0.05) is 12.5 Å². The lowest BCUT2D eigenvalue weighted by Gasteiger charge is -2.33. The summed E-state index contributed by atoms with van der Waals surface area (Å²) in [4.78, 5) is 36.7. The summed E-state index contributed by atoms with van der Waals surface area (Å²) in [6, 6.07) is 18.0. The Labute approximate surface area is 206 Å². The largest absolute Gasteiger partial charge is 0.489 e. The molecule has 8 heteroatoms. The molecule has 0 radical (unpaired) electrons. The number of aryl methyl sites for hydroxylation is 2. The highest BCUT2D eigenvalue weighted by Crippen LogP contribution is 2.22. The standard InChI is InChI=1S/C27H34N2O6/c28-27(33)22-14-16-29(17-15-22)18-23(35-26(32)13-12-25(30)31)19-34-24-9-5-4-8-21(24)11-10-20-6-2-1-3-7-20/h1-9,22-23H,10-19H2,(H2,28,33)(H,30,31). The fourth-order valence-electron chi connectivity index (χ4n) is 4.22. The number of esters is 1. The Morgan fingerprint density at radius 1 is 0.971 bits per heavy atom. The highest BCUT2D eigenvalue weighted by molar-refractivity contribution is 5.77. The van der Waals surface area contributed by atoms with Crippen molar-refractivity contribution in [1.29, 1.82) is 0 Å². The van der Waals surface area contributed by atoms with Crippen LogP contribution in [0, 0.1) is 5.92 Å². The number of carbonyl (C=O) groups is 3. The Hall–Kier alpha value is -3.39. The number of piperidine rings is 1. The van der Waals surface area contributed by atoms with Crippen LogP contribution in [-0.4, -0.2) is 60.2 Å². The first-order chi connectivity index (χ1) is 16.9. The van der Waals surface area contributed by atoms with E-state index in [0.717, 1.165) is 24.2 Å². The summed E-state index contributed by atoms with van der Waals surface area (Å²) in [5, 5.41) is 8.86. The van der Waals surface area contributed by atoms with Crippen LogP contribution < -0.4 is 10.5 Å². The van der Waals surface area contributed by atoms with E-state index in [1.165, 1.54) is 5.56 Å². The molecule has 8 nitrogen and oxygen atoms in total. The van der Waals surface area contributed by atoms with Gasteiger partial charge in [-0.1, -0.05) is 48.5 Å². The summed E-state index contributed by atoms with van der Waals surface area (Å²) < 4.78 is 11.7. The molecule has 3 N–H and O–H groups in total. The molecule has 1 aliphatic rings.